The molecule has 2 bridgehead atoms. The van der Waals surface area contributed by atoms with E-state index in [1.807, 2.05) is 0 Å². The third-order valence-corrected chi connectivity index (χ3v) is 6.44. The molecule has 0 aromatic heterocycles. The number of hydrogen-bond donors (Lipinski definition) is 1. The SMILES string of the molecule is O=C(CCN1C(=O)[C@@H]2[C@H]3C=C[C@@H]([C@@H]4C[C@@H]34)[C@H]2C1=O)Nc1ccc(F)cc1. The Morgan fingerprint density at radius 1 is 1.04 bits per heavy atom. The molecule has 0 unspecified atom stereocenters. The number of allylic oxidation sites excluding steroid dienone is 2. The molecule has 1 saturated heterocycles. The first kappa shape index (κ1) is 15.7. The first-order valence-corrected chi connectivity index (χ1v) is 9.13. The van der Waals surface area contributed by atoms with Crippen molar-refractivity contribution in [3.05, 3.63) is 42.2 Å². The fourth-order valence-corrected chi connectivity index (χ4v) is 5.21. The van der Waals surface area contributed by atoms with Crippen molar-refractivity contribution in [1.29, 1.82) is 0 Å². The van der Waals surface area contributed by atoms with E-state index in [9.17, 15) is 18.8 Å². The van der Waals surface area contributed by atoms with Crippen LogP contribution in [0.15, 0.2) is 36.4 Å². The lowest BCUT2D eigenvalue weighted by molar-refractivity contribution is -0.140. The number of nitrogens with one attached hydrogen (secondary N) is 1. The zero-order valence-electron chi connectivity index (χ0n) is 14.1. The Morgan fingerprint density at radius 3 is 2.19 bits per heavy atom. The van der Waals surface area contributed by atoms with E-state index in [2.05, 4.69) is 17.5 Å². The van der Waals surface area contributed by atoms with Crippen molar-refractivity contribution in [2.45, 2.75) is 12.8 Å². The number of carbonyl (C=O) groups excluding carboxylic acids is 3. The van der Waals surface area contributed by atoms with Gasteiger partial charge in [-0.1, -0.05) is 12.2 Å². The number of rotatable bonds is 4. The van der Waals surface area contributed by atoms with Crippen molar-refractivity contribution < 1.29 is 18.8 Å². The van der Waals surface area contributed by atoms with Gasteiger partial charge in [-0.25, -0.2) is 4.39 Å². The van der Waals surface area contributed by atoms with Crippen LogP contribution in [0, 0.1) is 41.3 Å². The smallest absolute Gasteiger partial charge is 0.233 e. The van der Waals surface area contributed by atoms with Gasteiger partial charge in [0.25, 0.3) is 0 Å². The Labute approximate surface area is 150 Å². The Bertz CT molecular complexity index is 798. The lowest BCUT2D eigenvalue weighted by Gasteiger charge is -2.37. The molecule has 5 aliphatic rings. The molecule has 4 aliphatic carbocycles. The van der Waals surface area contributed by atoms with E-state index < -0.39 is 0 Å². The maximum absolute atomic E-state index is 12.9. The van der Waals surface area contributed by atoms with E-state index in [1.54, 1.807) is 0 Å². The average Bonchev–Trinajstić information content (AvgIpc) is 3.41. The van der Waals surface area contributed by atoms with Gasteiger partial charge in [0.2, 0.25) is 17.7 Å². The first-order chi connectivity index (χ1) is 12.5. The lowest BCUT2D eigenvalue weighted by atomic mass is 9.63. The molecule has 6 heteroatoms. The highest BCUT2D eigenvalue weighted by molar-refractivity contribution is 6.06. The molecule has 6 rings (SSSR count). The van der Waals surface area contributed by atoms with Gasteiger partial charge in [0.1, 0.15) is 5.82 Å². The summed E-state index contributed by atoms with van der Waals surface area (Å²) in [5, 5.41) is 2.66. The average molecular weight is 354 g/mol. The van der Waals surface area contributed by atoms with Crippen molar-refractivity contribution >= 4 is 23.4 Å². The fraction of sp³-hybridized carbons (Fsp3) is 0.450. The Morgan fingerprint density at radius 2 is 1.62 bits per heavy atom. The van der Waals surface area contributed by atoms with Gasteiger partial charge in [-0.2, -0.15) is 0 Å². The highest BCUT2D eigenvalue weighted by Gasteiger charge is 2.66. The number of nitrogens with zero attached hydrogens (tertiary/aromatic N) is 1. The topological polar surface area (TPSA) is 66.5 Å². The quantitative estimate of drug-likeness (QED) is 0.666. The molecule has 1 aromatic rings. The second kappa shape index (κ2) is 5.50. The van der Waals surface area contributed by atoms with Gasteiger partial charge >= 0.3 is 0 Å². The van der Waals surface area contributed by atoms with Crippen LogP contribution in [-0.4, -0.2) is 29.2 Å². The molecule has 2 saturated carbocycles. The number of anilines is 1. The van der Waals surface area contributed by atoms with Crippen LogP contribution in [0.5, 0.6) is 0 Å². The molecular weight excluding hydrogens is 335 g/mol. The first-order valence-electron chi connectivity index (χ1n) is 9.13. The van der Waals surface area contributed by atoms with Crippen LogP contribution in [-0.2, 0) is 14.4 Å². The van der Waals surface area contributed by atoms with Crippen molar-refractivity contribution in [2.75, 3.05) is 11.9 Å². The number of amides is 3. The third-order valence-electron chi connectivity index (χ3n) is 6.44. The summed E-state index contributed by atoms with van der Waals surface area (Å²) in [7, 11) is 0. The number of benzene rings is 1. The van der Waals surface area contributed by atoms with Gasteiger partial charge in [0.05, 0.1) is 11.8 Å². The number of carbonyl (C=O) groups is 3. The predicted molar refractivity (Wildman–Crippen MR) is 91.1 cm³/mol. The van der Waals surface area contributed by atoms with E-state index in [-0.39, 0.29) is 60.2 Å². The number of imide groups is 1. The van der Waals surface area contributed by atoms with E-state index in [1.165, 1.54) is 29.2 Å². The highest BCUT2D eigenvalue weighted by Crippen LogP contribution is 2.65. The maximum atomic E-state index is 12.9. The number of halogens is 1. The van der Waals surface area contributed by atoms with Crippen LogP contribution >= 0.6 is 0 Å². The Hall–Kier alpha value is -2.50. The minimum absolute atomic E-state index is 0.0456. The molecular formula is C20H19FN2O3. The molecule has 1 aromatic carbocycles. The molecule has 1 heterocycles. The van der Waals surface area contributed by atoms with E-state index >= 15 is 0 Å². The van der Waals surface area contributed by atoms with Crippen molar-refractivity contribution in [3.8, 4) is 0 Å². The zero-order valence-corrected chi connectivity index (χ0v) is 14.1. The molecule has 0 spiro atoms. The summed E-state index contributed by atoms with van der Waals surface area (Å²) >= 11 is 0. The second-order valence-electron chi connectivity index (χ2n) is 7.79. The summed E-state index contributed by atoms with van der Waals surface area (Å²) in [6, 6.07) is 5.48. The molecule has 6 atom stereocenters. The molecule has 134 valence electrons. The normalized spacial score (nSPS) is 36.1. The summed E-state index contributed by atoms with van der Waals surface area (Å²) in [6.45, 7) is 0.104. The molecule has 3 amide bonds. The van der Waals surface area contributed by atoms with Crippen molar-refractivity contribution in [1.82, 2.24) is 4.90 Å². The van der Waals surface area contributed by atoms with Gasteiger partial charge in [-0.3, -0.25) is 19.3 Å². The summed E-state index contributed by atoms with van der Waals surface area (Å²) in [5.41, 5.74) is 0.492. The largest absolute Gasteiger partial charge is 0.326 e. The third kappa shape index (κ3) is 2.24. The van der Waals surface area contributed by atoms with Gasteiger partial charge in [-0.05, 0) is 54.4 Å². The van der Waals surface area contributed by atoms with Gasteiger partial charge in [0.15, 0.2) is 0 Å². The van der Waals surface area contributed by atoms with Crippen LogP contribution in [0.2, 0.25) is 0 Å². The molecule has 26 heavy (non-hydrogen) atoms. The van der Waals surface area contributed by atoms with Crippen LogP contribution in [0.4, 0.5) is 10.1 Å². The van der Waals surface area contributed by atoms with Crippen molar-refractivity contribution in [3.63, 3.8) is 0 Å². The van der Waals surface area contributed by atoms with Gasteiger partial charge in [0, 0.05) is 18.7 Å². The Balaban J connectivity index is 1.24. The number of likely N-dealkylation sites (tertiary alicyclic amines) is 1. The zero-order chi connectivity index (χ0) is 18.0. The monoisotopic (exact) mass is 354 g/mol. The lowest BCUT2D eigenvalue weighted by Crippen LogP contribution is -2.40. The molecule has 0 radical (unpaired) electrons. The fourth-order valence-electron chi connectivity index (χ4n) is 5.21. The van der Waals surface area contributed by atoms with Crippen molar-refractivity contribution in [2.24, 2.45) is 35.5 Å². The standard InChI is InChI=1S/C20H19FN2O3/c21-10-1-3-11(4-2-10)22-16(24)7-8-23-19(25)17-12-5-6-13(15-9-14(12)15)18(17)20(23)26/h1-6,12-15,17-18H,7-9H2,(H,22,24)/t12-,13-,14-,15-,17+,18+/m0/s1. The van der Waals surface area contributed by atoms with Gasteiger partial charge < -0.3 is 5.32 Å². The van der Waals surface area contributed by atoms with Crippen LogP contribution < -0.4 is 5.32 Å². The maximum Gasteiger partial charge on any atom is 0.233 e. The second-order valence-corrected chi connectivity index (χ2v) is 7.79. The van der Waals surface area contributed by atoms with E-state index in [0.29, 0.717) is 17.5 Å². The highest BCUT2D eigenvalue weighted by atomic mass is 19.1. The van der Waals surface area contributed by atoms with Crippen LogP contribution in [0.1, 0.15) is 12.8 Å². The minimum atomic E-state index is -0.375. The predicted octanol–water partition coefficient (Wildman–Crippen LogP) is 2.21. The van der Waals surface area contributed by atoms with Crippen LogP contribution in [0.3, 0.4) is 0 Å². The summed E-state index contributed by atoms with van der Waals surface area (Å²) in [5.74, 6) is 0.209. The molecule has 1 aliphatic heterocycles. The summed E-state index contributed by atoms with van der Waals surface area (Å²) in [6.07, 6.45) is 5.45. The summed E-state index contributed by atoms with van der Waals surface area (Å²) < 4.78 is 12.9. The Kier molecular flexibility index (Phi) is 3.33. The van der Waals surface area contributed by atoms with E-state index in [0.717, 1.165) is 6.42 Å². The molecule has 1 N–H and O–H groups in total. The van der Waals surface area contributed by atoms with Crippen LogP contribution in [0.25, 0.3) is 0 Å². The molecule has 3 fully saturated rings. The number of hydrogen-bond acceptors (Lipinski definition) is 3. The molecule has 5 nitrogen and oxygen atoms in total. The van der Waals surface area contributed by atoms with Gasteiger partial charge in [-0.15, -0.1) is 0 Å². The summed E-state index contributed by atoms with van der Waals surface area (Å²) in [4.78, 5) is 39.0. The van der Waals surface area contributed by atoms with E-state index in [4.69, 9.17) is 0 Å². The minimum Gasteiger partial charge on any atom is -0.326 e.